The highest BCUT2D eigenvalue weighted by molar-refractivity contribution is 8.00. The normalized spacial score (nSPS) is 38.2. The van der Waals surface area contributed by atoms with Crippen LogP contribution in [-0.4, -0.2) is 27.7 Å². The maximum atomic E-state index is 10.8. The molecule has 1 saturated carbocycles. The maximum absolute atomic E-state index is 10.8. The molecular weight excluding hydrogens is 198 g/mol. The first-order valence-corrected chi connectivity index (χ1v) is 6.22. The molecule has 2 atom stereocenters. The Morgan fingerprint density at radius 3 is 2.79 bits per heavy atom. The summed E-state index contributed by atoms with van der Waals surface area (Å²) < 4.78 is 0. The van der Waals surface area contributed by atoms with Crippen LogP contribution in [0, 0.1) is 5.92 Å². The van der Waals surface area contributed by atoms with Gasteiger partial charge in [0.05, 0.1) is 4.87 Å². The van der Waals surface area contributed by atoms with Gasteiger partial charge >= 0.3 is 5.97 Å². The molecule has 2 rings (SSSR count). The van der Waals surface area contributed by atoms with Crippen molar-refractivity contribution in [3.63, 3.8) is 0 Å². The van der Waals surface area contributed by atoms with Crippen LogP contribution >= 0.6 is 11.8 Å². The molecule has 1 heterocycles. The third kappa shape index (κ3) is 2.06. The van der Waals surface area contributed by atoms with Gasteiger partial charge in [-0.25, -0.2) is 0 Å². The lowest BCUT2D eigenvalue weighted by molar-refractivity contribution is -0.138. The zero-order valence-electron chi connectivity index (χ0n) is 8.45. The second-order valence-corrected chi connectivity index (χ2v) is 6.10. The third-order valence-electron chi connectivity index (χ3n) is 3.25. The molecule has 2 fully saturated rings. The van der Waals surface area contributed by atoms with Gasteiger partial charge in [0.2, 0.25) is 0 Å². The van der Waals surface area contributed by atoms with Gasteiger partial charge in [-0.15, -0.1) is 11.8 Å². The summed E-state index contributed by atoms with van der Waals surface area (Å²) in [5, 5.41) is 12.1. The SMILES string of the molecule is CC1(CC2CCC2)NC(C(=O)O)CS1. The third-order valence-corrected chi connectivity index (χ3v) is 4.67. The van der Waals surface area contributed by atoms with Gasteiger partial charge in [0.15, 0.2) is 0 Å². The van der Waals surface area contributed by atoms with E-state index in [1.54, 1.807) is 11.8 Å². The van der Waals surface area contributed by atoms with E-state index >= 15 is 0 Å². The number of carbonyl (C=O) groups is 1. The Labute approximate surface area is 88.6 Å². The fraction of sp³-hybridized carbons (Fsp3) is 0.900. The van der Waals surface area contributed by atoms with Crippen molar-refractivity contribution in [1.82, 2.24) is 5.32 Å². The van der Waals surface area contributed by atoms with Crippen LogP contribution in [0.4, 0.5) is 0 Å². The van der Waals surface area contributed by atoms with Crippen LogP contribution in [0.3, 0.4) is 0 Å². The summed E-state index contributed by atoms with van der Waals surface area (Å²) in [7, 11) is 0. The molecule has 0 aromatic carbocycles. The maximum Gasteiger partial charge on any atom is 0.321 e. The first kappa shape index (κ1) is 10.3. The minimum Gasteiger partial charge on any atom is -0.480 e. The molecule has 14 heavy (non-hydrogen) atoms. The monoisotopic (exact) mass is 215 g/mol. The number of nitrogens with one attached hydrogen (secondary N) is 1. The van der Waals surface area contributed by atoms with E-state index in [4.69, 9.17) is 5.11 Å². The van der Waals surface area contributed by atoms with Gasteiger partial charge in [-0.2, -0.15) is 0 Å². The van der Waals surface area contributed by atoms with Crippen molar-refractivity contribution in [2.24, 2.45) is 5.92 Å². The lowest BCUT2D eigenvalue weighted by Gasteiger charge is -2.34. The van der Waals surface area contributed by atoms with E-state index in [-0.39, 0.29) is 10.9 Å². The van der Waals surface area contributed by atoms with E-state index in [0.29, 0.717) is 5.75 Å². The smallest absolute Gasteiger partial charge is 0.321 e. The highest BCUT2D eigenvalue weighted by Crippen LogP contribution is 2.41. The quantitative estimate of drug-likeness (QED) is 0.752. The number of aliphatic carboxylic acids is 1. The Kier molecular flexibility index (Phi) is 2.75. The van der Waals surface area contributed by atoms with E-state index in [9.17, 15) is 4.79 Å². The largest absolute Gasteiger partial charge is 0.480 e. The van der Waals surface area contributed by atoms with Gasteiger partial charge < -0.3 is 5.11 Å². The van der Waals surface area contributed by atoms with Crippen LogP contribution in [0.15, 0.2) is 0 Å². The van der Waals surface area contributed by atoms with Gasteiger partial charge in [-0.05, 0) is 19.3 Å². The minimum absolute atomic E-state index is 0.00808. The summed E-state index contributed by atoms with van der Waals surface area (Å²) in [6, 6.07) is -0.343. The van der Waals surface area contributed by atoms with E-state index in [0.717, 1.165) is 12.3 Å². The summed E-state index contributed by atoms with van der Waals surface area (Å²) in [6.45, 7) is 2.14. The lowest BCUT2D eigenvalue weighted by Crippen LogP contribution is -2.44. The topological polar surface area (TPSA) is 49.3 Å². The molecule has 1 aliphatic carbocycles. The summed E-state index contributed by atoms with van der Waals surface area (Å²) in [5.74, 6) is 0.820. The zero-order valence-corrected chi connectivity index (χ0v) is 9.27. The second-order valence-electron chi connectivity index (χ2n) is 4.58. The number of rotatable bonds is 3. The molecule has 1 aliphatic heterocycles. The Balaban J connectivity index is 1.87. The lowest BCUT2D eigenvalue weighted by atomic mass is 9.81. The van der Waals surface area contributed by atoms with Crippen LogP contribution in [0.1, 0.15) is 32.6 Å². The molecule has 80 valence electrons. The predicted molar refractivity (Wildman–Crippen MR) is 57.4 cm³/mol. The Bertz CT molecular complexity index is 242. The molecule has 0 radical (unpaired) electrons. The standard InChI is InChI=1S/C10H17NO2S/c1-10(5-7-3-2-4-7)11-8(6-14-10)9(12)13/h7-8,11H,2-6H2,1H3,(H,12,13). The summed E-state index contributed by atoms with van der Waals surface area (Å²) in [6.07, 6.45) is 5.14. The predicted octanol–water partition coefficient (Wildman–Crippen LogP) is 1.68. The average molecular weight is 215 g/mol. The van der Waals surface area contributed by atoms with Gasteiger partial charge in [-0.1, -0.05) is 19.3 Å². The van der Waals surface area contributed by atoms with Crippen molar-refractivity contribution in [2.45, 2.75) is 43.5 Å². The Hall–Kier alpha value is -0.220. The van der Waals surface area contributed by atoms with Crippen LogP contribution in [0.5, 0.6) is 0 Å². The molecule has 2 unspecified atom stereocenters. The van der Waals surface area contributed by atoms with Crippen molar-refractivity contribution in [3.8, 4) is 0 Å². The second kappa shape index (κ2) is 3.74. The molecule has 0 amide bonds. The van der Waals surface area contributed by atoms with E-state index in [1.807, 2.05) is 0 Å². The number of hydrogen-bond acceptors (Lipinski definition) is 3. The van der Waals surface area contributed by atoms with Gasteiger partial charge in [-0.3, -0.25) is 10.1 Å². The van der Waals surface area contributed by atoms with Crippen LogP contribution < -0.4 is 5.32 Å². The molecule has 0 aromatic heterocycles. The molecule has 2 N–H and O–H groups in total. The van der Waals surface area contributed by atoms with Crippen molar-refractivity contribution < 1.29 is 9.90 Å². The molecular formula is C10H17NO2S. The number of hydrogen-bond donors (Lipinski definition) is 2. The molecule has 3 nitrogen and oxygen atoms in total. The fourth-order valence-corrected chi connectivity index (χ4v) is 3.56. The molecule has 0 spiro atoms. The van der Waals surface area contributed by atoms with Gasteiger partial charge in [0.1, 0.15) is 6.04 Å². The Morgan fingerprint density at radius 1 is 1.64 bits per heavy atom. The number of thioether (sulfide) groups is 1. The first-order chi connectivity index (χ1) is 6.59. The van der Waals surface area contributed by atoms with Crippen molar-refractivity contribution in [3.05, 3.63) is 0 Å². The van der Waals surface area contributed by atoms with Crippen molar-refractivity contribution in [1.29, 1.82) is 0 Å². The summed E-state index contributed by atoms with van der Waals surface area (Å²) >= 11 is 1.77. The van der Waals surface area contributed by atoms with Crippen LogP contribution in [-0.2, 0) is 4.79 Å². The van der Waals surface area contributed by atoms with Gasteiger partial charge in [0.25, 0.3) is 0 Å². The molecule has 0 bridgehead atoms. The minimum atomic E-state index is -0.713. The first-order valence-electron chi connectivity index (χ1n) is 5.23. The summed E-state index contributed by atoms with van der Waals surface area (Å²) in [5.41, 5.74) is 0. The van der Waals surface area contributed by atoms with Crippen molar-refractivity contribution >= 4 is 17.7 Å². The van der Waals surface area contributed by atoms with Crippen molar-refractivity contribution in [2.75, 3.05) is 5.75 Å². The van der Waals surface area contributed by atoms with E-state index in [1.165, 1.54) is 19.3 Å². The van der Waals surface area contributed by atoms with Gasteiger partial charge in [0, 0.05) is 5.75 Å². The fourth-order valence-electron chi connectivity index (χ4n) is 2.22. The van der Waals surface area contributed by atoms with E-state index < -0.39 is 5.97 Å². The molecule has 2 aliphatic rings. The molecule has 0 aromatic rings. The molecule has 4 heteroatoms. The number of carboxylic acid groups (broad SMARTS) is 1. The Morgan fingerprint density at radius 2 is 2.36 bits per heavy atom. The van der Waals surface area contributed by atoms with Crippen LogP contribution in [0.25, 0.3) is 0 Å². The van der Waals surface area contributed by atoms with E-state index in [2.05, 4.69) is 12.2 Å². The van der Waals surface area contributed by atoms with Crippen LogP contribution in [0.2, 0.25) is 0 Å². The number of carboxylic acids is 1. The average Bonchev–Trinajstić information content (AvgIpc) is 2.42. The highest BCUT2D eigenvalue weighted by Gasteiger charge is 2.40. The zero-order chi connectivity index (χ0) is 10.2. The highest BCUT2D eigenvalue weighted by atomic mass is 32.2. The summed E-state index contributed by atoms with van der Waals surface area (Å²) in [4.78, 5) is 10.8. The molecule has 1 saturated heterocycles.